The van der Waals surface area contributed by atoms with Crippen LogP contribution in [-0.2, 0) is 4.79 Å². The van der Waals surface area contributed by atoms with Crippen LogP contribution in [0.15, 0.2) is 0 Å². The first kappa shape index (κ1) is 15.8. The molecule has 1 atom stereocenters. The molecule has 1 unspecified atom stereocenters. The Morgan fingerprint density at radius 2 is 2.00 bits per heavy atom. The summed E-state index contributed by atoms with van der Waals surface area (Å²) in [5.74, 6) is 1.18. The number of hydrogen-bond acceptors (Lipinski definition) is 3. The fourth-order valence-corrected chi connectivity index (χ4v) is 3.18. The fourth-order valence-electron chi connectivity index (χ4n) is 3.18. The van der Waals surface area contributed by atoms with E-state index in [1.165, 1.54) is 32.1 Å². The molecule has 2 N–H and O–H groups in total. The quantitative estimate of drug-likeness (QED) is 0.738. The van der Waals surface area contributed by atoms with Crippen molar-refractivity contribution in [3.8, 4) is 0 Å². The number of hydrogen-bond donors (Lipinski definition) is 1. The molecule has 1 amide bonds. The predicted octanol–water partition coefficient (Wildman–Crippen LogP) is 1.84. The third-order valence-electron chi connectivity index (χ3n) is 4.61. The Morgan fingerprint density at radius 1 is 1.30 bits per heavy atom. The standard InChI is InChI=1S/C16H31N3O/c1-2-8-19(13-14-6-7-14)15(12-17)11-16(20)18-9-4-3-5-10-18/h14-15H,2-13,17H2,1H3. The summed E-state index contributed by atoms with van der Waals surface area (Å²) in [5, 5.41) is 0. The van der Waals surface area contributed by atoms with Crippen molar-refractivity contribution in [2.75, 3.05) is 32.7 Å². The van der Waals surface area contributed by atoms with E-state index in [0.29, 0.717) is 18.9 Å². The Bertz CT molecular complexity index is 298. The Kier molecular flexibility index (Phi) is 6.30. The van der Waals surface area contributed by atoms with Crippen LogP contribution in [0.2, 0.25) is 0 Å². The van der Waals surface area contributed by atoms with Crippen LogP contribution in [0.3, 0.4) is 0 Å². The number of likely N-dealkylation sites (tertiary alicyclic amines) is 1. The molecule has 2 aliphatic rings. The molecular weight excluding hydrogens is 250 g/mol. The molecule has 0 aromatic carbocycles. The van der Waals surface area contributed by atoms with Gasteiger partial charge < -0.3 is 10.6 Å². The molecule has 4 heteroatoms. The van der Waals surface area contributed by atoms with Gasteiger partial charge in [-0.05, 0) is 51.0 Å². The van der Waals surface area contributed by atoms with Crippen molar-refractivity contribution in [3.63, 3.8) is 0 Å². The third kappa shape index (κ3) is 4.74. The molecule has 20 heavy (non-hydrogen) atoms. The number of carbonyl (C=O) groups excluding carboxylic acids is 1. The molecule has 4 nitrogen and oxygen atoms in total. The molecule has 1 saturated carbocycles. The summed E-state index contributed by atoms with van der Waals surface area (Å²) in [5.41, 5.74) is 5.97. The monoisotopic (exact) mass is 281 g/mol. The molecule has 0 aromatic rings. The van der Waals surface area contributed by atoms with Gasteiger partial charge in [0, 0.05) is 38.6 Å². The van der Waals surface area contributed by atoms with Gasteiger partial charge >= 0.3 is 0 Å². The topological polar surface area (TPSA) is 49.6 Å². The molecule has 2 fully saturated rings. The van der Waals surface area contributed by atoms with Gasteiger partial charge in [-0.3, -0.25) is 9.69 Å². The summed E-state index contributed by atoms with van der Waals surface area (Å²) in [6, 6.07) is 0.241. The van der Waals surface area contributed by atoms with Gasteiger partial charge in [0.1, 0.15) is 0 Å². The van der Waals surface area contributed by atoms with Crippen molar-refractivity contribution in [1.29, 1.82) is 0 Å². The summed E-state index contributed by atoms with van der Waals surface area (Å²) in [4.78, 5) is 16.9. The number of amides is 1. The van der Waals surface area contributed by atoms with Gasteiger partial charge in [0.15, 0.2) is 0 Å². The summed E-state index contributed by atoms with van der Waals surface area (Å²) >= 11 is 0. The summed E-state index contributed by atoms with van der Waals surface area (Å²) in [6.07, 6.45) is 8.08. The lowest BCUT2D eigenvalue weighted by molar-refractivity contribution is -0.133. The van der Waals surface area contributed by atoms with E-state index in [4.69, 9.17) is 5.73 Å². The van der Waals surface area contributed by atoms with Gasteiger partial charge in [-0.2, -0.15) is 0 Å². The molecule has 1 saturated heterocycles. The molecule has 1 aliphatic heterocycles. The second-order valence-corrected chi connectivity index (χ2v) is 6.47. The van der Waals surface area contributed by atoms with Crippen LogP contribution in [0.5, 0.6) is 0 Å². The van der Waals surface area contributed by atoms with E-state index in [1.54, 1.807) is 0 Å². The van der Waals surface area contributed by atoms with Crippen molar-refractivity contribution in [2.24, 2.45) is 11.7 Å². The minimum Gasteiger partial charge on any atom is -0.343 e. The predicted molar refractivity (Wildman–Crippen MR) is 82.5 cm³/mol. The molecule has 0 spiro atoms. The maximum Gasteiger partial charge on any atom is 0.224 e. The molecule has 0 radical (unpaired) electrons. The molecule has 1 aliphatic carbocycles. The maximum absolute atomic E-state index is 12.4. The van der Waals surface area contributed by atoms with Crippen molar-refractivity contribution in [2.45, 2.75) is 57.9 Å². The minimum atomic E-state index is 0.241. The van der Waals surface area contributed by atoms with E-state index < -0.39 is 0 Å². The largest absolute Gasteiger partial charge is 0.343 e. The van der Waals surface area contributed by atoms with E-state index in [0.717, 1.165) is 38.5 Å². The first-order valence-electron chi connectivity index (χ1n) is 8.46. The van der Waals surface area contributed by atoms with Crippen LogP contribution in [0.25, 0.3) is 0 Å². The van der Waals surface area contributed by atoms with Crippen LogP contribution in [0, 0.1) is 5.92 Å². The molecule has 1 heterocycles. The molecule has 2 rings (SSSR count). The molecule has 0 aromatic heterocycles. The van der Waals surface area contributed by atoms with Crippen molar-refractivity contribution in [1.82, 2.24) is 9.80 Å². The lowest BCUT2D eigenvalue weighted by Crippen LogP contribution is -2.46. The maximum atomic E-state index is 12.4. The average Bonchev–Trinajstić information content (AvgIpc) is 3.29. The van der Waals surface area contributed by atoms with E-state index >= 15 is 0 Å². The fraction of sp³-hybridized carbons (Fsp3) is 0.938. The van der Waals surface area contributed by atoms with Gasteiger partial charge in [-0.15, -0.1) is 0 Å². The Labute approximate surface area is 123 Å². The van der Waals surface area contributed by atoms with E-state index in [9.17, 15) is 4.79 Å². The Hall–Kier alpha value is -0.610. The van der Waals surface area contributed by atoms with Gasteiger partial charge in [0.05, 0.1) is 0 Å². The van der Waals surface area contributed by atoms with Crippen LogP contribution >= 0.6 is 0 Å². The Balaban J connectivity index is 1.85. The first-order valence-corrected chi connectivity index (χ1v) is 8.46. The average molecular weight is 281 g/mol. The van der Waals surface area contributed by atoms with Crippen molar-refractivity contribution in [3.05, 3.63) is 0 Å². The zero-order valence-corrected chi connectivity index (χ0v) is 13.0. The van der Waals surface area contributed by atoms with Crippen molar-refractivity contribution >= 4 is 5.91 Å². The van der Waals surface area contributed by atoms with Gasteiger partial charge in [0.25, 0.3) is 0 Å². The number of carbonyl (C=O) groups is 1. The van der Waals surface area contributed by atoms with Gasteiger partial charge in [0.2, 0.25) is 5.91 Å². The summed E-state index contributed by atoms with van der Waals surface area (Å²) in [7, 11) is 0. The lowest BCUT2D eigenvalue weighted by Gasteiger charge is -2.33. The number of nitrogens with zero attached hydrogens (tertiary/aromatic N) is 2. The van der Waals surface area contributed by atoms with Crippen molar-refractivity contribution < 1.29 is 4.79 Å². The van der Waals surface area contributed by atoms with Crippen LogP contribution < -0.4 is 5.73 Å². The van der Waals surface area contributed by atoms with E-state index in [1.807, 2.05) is 4.90 Å². The number of nitrogens with two attached hydrogens (primary N) is 1. The zero-order chi connectivity index (χ0) is 14.4. The minimum absolute atomic E-state index is 0.241. The second-order valence-electron chi connectivity index (χ2n) is 6.47. The smallest absolute Gasteiger partial charge is 0.224 e. The van der Waals surface area contributed by atoms with Crippen LogP contribution in [-0.4, -0.2) is 54.5 Å². The molecule has 116 valence electrons. The number of rotatable bonds is 8. The molecular formula is C16H31N3O. The van der Waals surface area contributed by atoms with Crippen LogP contribution in [0.1, 0.15) is 51.9 Å². The number of piperidine rings is 1. The highest BCUT2D eigenvalue weighted by atomic mass is 16.2. The second kappa shape index (κ2) is 7.99. The van der Waals surface area contributed by atoms with E-state index in [-0.39, 0.29) is 6.04 Å². The SMILES string of the molecule is CCCN(CC1CC1)C(CN)CC(=O)N1CCCCC1. The highest BCUT2D eigenvalue weighted by Gasteiger charge is 2.29. The normalized spacial score (nSPS) is 21.2. The van der Waals surface area contributed by atoms with E-state index in [2.05, 4.69) is 11.8 Å². The highest BCUT2D eigenvalue weighted by molar-refractivity contribution is 5.77. The zero-order valence-electron chi connectivity index (χ0n) is 13.0. The lowest BCUT2D eigenvalue weighted by atomic mass is 10.1. The third-order valence-corrected chi connectivity index (χ3v) is 4.61. The summed E-state index contributed by atoms with van der Waals surface area (Å²) in [6.45, 7) is 6.93. The van der Waals surface area contributed by atoms with Crippen LogP contribution in [0.4, 0.5) is 0 Å². The molecule has 0 bridgehead atoms. The van der Waals surface area contributed by atoms with Gasteiger partial charge in [-0.1, -0.05) is 6.92 Å². The van der Waals surface area contributed by atoms with Gasteiger partial charge in [-0.25, -0.2) is 0 Å². The Morgan fingerprint density at radius 3 is 2.55 bits per heavy atom. The first-order chi connectivity index (χ1) is 9.74. The summed E-state index contributed by atoms with van der Waals surface area (Å²) < 4.78 is 0. The highest BCUT2D eigenvalue weighted by Crippen LogP contribution is 2.30.